The Morgan fingerprint density at radius 2 is 2.22 bits per heavy atom. The van der Waals surface area contributed by atoms with Crippen LogP contribution in [-0.4, -0.2) is 51.7 Å². The Hall–Kier alpha value is -1.96. The third kappa shape index (κ3) is 2.65. The Bertz CT molecular complexity index is 464. The summed E-state index contributed by atoms with van der Waals surface area (Å²) in [5.41, 5.74) is 0.466. The van der Waals surface area contributed by atoms with Crippen molar-refractivity contribution >= 4 is 11.7 Å². The summed E-state index contributed by atoms with van der Waals surface area (Å²) >= 11 is 0. The van der Waals surface area contributed by atoms with Crippen LogP contribution in [0.5, 0.6) is 0 Å². The Kier molecular flexibility index (Phi) is 3.56. The van der Waals surface area contributed by atoms with Gasteiger partial charge in [-0.3, -0.25) is 4.79 Å². The van der Waals surface area contributed by atoms with Crippen molar-refractivity contribution in [2.24, 2.45) is 0 Å². The van der Waals surface area contributed by atoms with Crippen molar-refractivity contribution in [3.05, 3.63) is 21.9 Å². The molecule has 1 amide bonds. The second-order valence-electron chi connectivity index (χ2n) is 4.22. The fraction of sp³-hybridized carbons (Fsp3) is 0.600. The van der Waals surface area contributed by atoms with Crippen LogP contribution in [0.15, 0.2) is 6.20 Å². The number of hydrogen-bond donors (Lipinski definition) is 1. The molecule has 0 aliphatic carbocycles. The third-order valence-electron chi connectivity index (χ3n) is 2.86. The fourth-order valence-electron chi connectivity index (χ4n) is 1.92. The summed E-state index contributed by atoms with van der Waals surface area (Å²) < 4.78 is 1.33. The van der Waals surface area contributed by atoms with Gasteiger partial charge in [0.2, 0.25) is 5.91 Å². The van der Waals surface area contributed by atoms with Crippen molar-refractivity contribution in [3.63, 3.8) is 0 Å². The van der Waals surface area contributed by atoms with Gasteiger partial charge >= 0.3 is 5.82 Å². The molecule has 98 valence electrons. The maximum Gasteiger partial charge on any atom is 0.392 e. The van der Waals surface area contributed by atoms with E-state index >= 15 is 0 Å². The lowest BCUT2D eigenvalue weighted by Gasteiger charge is -2.26. The van der Waals surface area contributed by atoms with Gasteiger partial charge in [-0.1, -0.05) is 0 Å². The molecule has 0 bridgehead atoms. The van der Waals surface area contributed by atoms with Gasteiger partial charge in [-0.25, -0.2) is 0 Å². The van der Waals surface area contributed by atoms with Gasteiger partial charge in [0.05, 0.1) is 16.9 Å². The number of aryl methyl sites for hydroxylation is 1. The highest BCUT2D eigenvalue weighted by molar-refractivity contribution is 5.76. The monoisotopic (exact) mass is 253 g/mol. The van der Waals surface area contributed by atoms with Crippen LogP contribution < -0.4 is 5.32 Å². The maximum atomic E-state index is 11.9. The van der Waals surface area contributed by atoms with Gasteiger partial charge in [-0.2, -0.15) is 4.68 Å². The molecule has 8 nitrogen and oxygen atoms in total. The highest BCUT2D eigenvalue weighted by Crippen LogP contribution is 2.13. The first-order valence-corrected chi connectivity index (χ1v) is 5.75. The molecule has 0 spiro atoms. The number of aromatic nitrogens is 2. The molecule has 0 unspecified atom stereocenters. The smallest absolute Gasteiger partial charge is 0.358 e. The van der Waals surface area contributed by atoms with Gasteiger partial charge in [-0.15, -0.1) is 0 Å². The van der Waals surface area contributed by atoms with Gasteiger partial charge in [0.1, 0.15) is 6.54 Å². The van der Waals surface area contributed by atoms with Crippen LogP contribution in [0.25, 0.3) is 0 Å². The lowest BCUT2D eigenvalue weighted by molar-refractivity contribution is -0.390. The second-order valence-corrected chi connectivity index (χ2v) is 4.22. The van der Waals surface area contributed by atoms with Crippen molar-refractivity contribution in [2.45, 2.75) is 13.5 Å². The molecule has 1 saturated heterocycles. The van der Waals surface area contributed by atoms with Crippen molar-refractivity contribution in [1.82, 2.24) is 20.0 Å². The minimum atomic E-state index is -0.541. The van der Waals surface area contributed by atoms with E-state index in [2.05, 4.69) is 10.4 Å². The molecule has 18 heavy (non-hydrogen) atoms. The summed E-state index contributed by atoms with van der Waals surface area (Å²) in [6, 6.07) is 0. The highest BCUT2D eigenvalue weighted by Gasteiger charge is 2.21. The summed E-state index contributed by atoms with van der Waals surface area (Å²) in [4.78, 5) is 23.8. The number of amides is 1. The van der Waals surface area contributed by atoms with Crippen LogP contribution in [0.1, 0.15) is 5.56 Å². The zero-order valence-electron chi connectivity index (χ0n) is 10.1. The Morgan fingerprint density at radius 1 is 1.56 bits per heavy atom. The second kappa shape index (κ2) is 5.13. The number of carbonyl (C=O) groups excluding carboxylic acids is 1. The van der Waals surface area contributed by atoms with E-state index in [1.54, 1.807) is 11.8 Å². The van der Waals surface area contributed by atoms with Crippen molar-refractivity contribution in [2.75, 3.05) is 26.2 Å². The molecule has 1 aliphatic heterocycles. The predicted octanol–water partition coefficient (Wildman–Crippen LogP) is -0.468. The molecule has 1 fully saturated rings. The first kappa shape index (κ1) is 12.5. The first-order chi connectivity index (χ1) is 8.58. The van der Waals surface area contributed by atoms with E-state index in [0.717, 1.165) is 13.1 Å². The Labute approximate surface area is 104 Å². The number of nitro groups is 1. The molecular weight excluding hydrogens is 238 g/mol. The molecule has 8 heteroatoms. The number of nitrogens with one attached hydrogen (secondary N) is 1. The Morgan fingerprint density at radius 3 is 2.78 bits per heavy atom. The predicted molar refractivity (Wildman–Crippen MR) is 63.1 cm³/mol. The normalized spacial score (nSPS) is 15.7. The van der Waals surface area contributed by atoms with Crippen LogP contribution in [0.3, 0.4) is 0 Å². The van der Waals surface area contributed by atoms with Crippen LogP contribution in [0.2, 0.25) is 0 Å². The van der Waals surface area contributed by atoms with Crippen LogP contribution in [0, 0.1) is 17.0 Å². The molecule has 1 aromatic rings. The molecule has 0 atom stereocenters. The van der Waals surface area contributed by atoms with Gasteiger partial charge in [0, 0.05) is 26.2 Å². The lowest BCUT2D eigenvalue weighted by atomic mass is 10.3. The van der Waals surface area contributed by atoms with Gasteiger partial charge in [-0.05, 0) is 11.8 Å². The summed E-state index contributed by atoms with van der Waals surface area (Å²) in [5.74, 6) is -0.253. The van der Waals surface area contributed by atoms with E-state index in [1.807, 2.05) is 0 Å². The zero-order chi connectivity index (χ0) is 13.1. The van der Waals surface area contributed by atoms with Gasteiger partial charge in [0.25, 0.3) is 0 Å². The first-order valence-electron chi connectivity index (χ1n) is 5.75. The number of rotatable bonds is 3. The third-order valence-corrected chi connectivity index (χ3v) is 2.86. The van der Waals surface area contributed by atoms with Crippen LogP contribution in [-0.2, 0) is 11.3 Å². The van der Waals surface area contributed by atoms with E-state index in [-0.39, 0.29) is 18.3 Å². The van der Waals surface area contributed by atoms with Crippen LogP contribution >= 0.6 is 0 Å². The van der Waals surface area contributed by atoms with E-state index in [9.17, 15) is 14.9 Å². The molecule has 0 aromatic carbocycles. The quantitative estimate of drug-likeness (QED) is 0.580. The van der Waals surface area contributed by atoms with E-state index < -0.39 is 4.92 Å². The average Bonchev–Trinajstić information content (AvgIpc) is 2.71. The molecule has 2 rings (SSSR count). The lowest BCUT2D eigenvalue weighted by Crippen LogP contribution is -2.47. The van der Waals surface area contributed by atoms with Crippen molar-refractivity contribution < 1.29 is 9.72 Å². The molecule has 0 radical (unpaired) electrons. The molecule has 1 N–H and O–H groups in total. The van der Waals surface area contributed by atoms with E-state index in [1.165, 1.54) is 10.9 Å². The van der Waals surface area contributed by atoms with Crippen molar-refractivity contribution in [1.29, 1.82) is 0 Å². The number of piperazine rings is 1. The fourth-order valence-corrected chi connectivity index (χ4v) is 1.92. The van der Waals surface area contributed by atoms with Crippen LogP contribution in [0.4, 0.5) is 5.82 Å². The summed E-state index contributed by atoms with van der Waals surface area (Å²) in [6.07, 6.45) is 1.53. The number of hydrogen-bond acceptors (Lipinski definition) is 5. The summed E-state index contributed by atoms with van der Waals surface area (Å²) in [7, 11) is 0. The standard InChI is InChI=1S/C10H15N5O3/c1-8-6-14(12-10(8)15(17)18)7-9(16)13-4-2-11-3-5-13/h6,11H,2-5,7H2,1H3. The Balaban J connectivity index is 2.02. The molecule has 1 aromatic heterocycles. The largest absolute Gasteiger partial charge is 0.392 e. The maximum absolute atomic E-state index is 11.9. The minimum Gasteiger partial charge on any atom is -0.358 e. The van der Waals surface area contributed by atoms with Gasteiger partial charge < -0.3 is 20.3 Å². The molecule has 2 heterocycles. The van der Waals surface area contributed by atoms with Crippen molar-refractivity contribution in [3.8, 4) is 0 Å². The highest BCUT2D eigenvalue weighted by atomic mass is 16.6. The average molecular weight is 253 g/mol. The molecular formula is C10H15N5O3. The minimum absolute atomic E-state index is 0.0503. The number of nitrogens with zero attached hydrogens (tertiary/aromatic N) is 4. The van der Waals surface area contributed by atoms with E-state index in [4.69, 9.17) is 0 Å². The van der Waals surface area contributed by atoms with E-state index in [0.29, 0.717) is 18.7 Å². The molecule has 0 saturated carbocycles. The SMILES string of the molecule is Cc1cn(CC(=O)N2CCNCC2)nc1[N+](=O)[O-]. The number of carbonyl (C=O) groups is 1. The zero-order valence-corrected chi connectivity index (χ0v) is 10.1. The van der Waals surface area contributed by atoms with Gasteiger partial charge in [0.15, 0.2) is 0 Å². The topological polar surface area (TPSA) is 93.3 Å². The summed E-state index contributed by atoms with van der Waals surface area (Å²) in [6.45, 7) is 4.56. The summed E-state index contributed by atoms with van der Waals surface area (Å²) in [5, 5.41) is 17.6. The molecule has 1 aliphatic rings.